The third kappa shape index (κ3) is 7.00. The van der Waals surface area contributed by atoms with Gasteiger partial charge in [0.15, 0.2) is 6.61 Å². The molecule has 5 aromatic rings. The number of aryl methyl sites for hydroxylation is 1. The Morgan fingerprint density at radius 2 is 1.66 bits per heavy atom. The maximum absolute atomic E-state index is 13.8. The zero-order valence-electron chi connectivity index (χ0n) is 26.3. The van der Waals surface area contributed by atoms with Crippen molar-refractivity contribution in [2.24, 2.45) is 5.92 Å². The number of carbonyl (C=O) groups excluding carboxylic acids is 2. The SMILES string of the molecule is CCOC(=O)C1=C(c2ccc(-n3cnc4ccccc43)cc2)NC(C)=C(C(=O)OCC#Cc2cccnc2)C1CCc1ccccc1. The maximum atomic E-state index is 13.8. The Bertz CT molecular complexity index is 2020. The highest BCUT2D eigenvalue weighted by Crippen LogP contribution is 2.38. The lowest BCUT2D eigenvalue weighted by Crippen LogP contribution is -2.34. The largest absolute Gasteiger partial charge is 0.463 e. The highest BCUT2D eigenvalue weighted by molar-refractivity contribution is 6.03. The molecule has 1 N–H and O–H groups in total. The van der Waals surface area contributed by atoms with E-state index in [4.69, 9.17) is 9.47 Å². The third-order valence-corrected chi connectivity index (χ3v) is 8.02. The Hall–Kier alpha value is -5.94. The summed E-state index contributed by atoms with van der Waals surface area (Å²) in [5.74, 6) is 4.26. The van der Waals surface area contributed by atoms with Gasteiger partial charge < -0.3 is 14.8 Å². The number of rotatable bonds is 9. The van der Waals surface area contributed by atoms with Crippen molar-refractivity contribution in [1.82, 2.24) is 19.9 Å². The molecule has 0 fully saturated rings. The van der Waals surface area contributed by atoms with Gasteiger partial charge in [-0.05, 0) is 74.2 Å². The average Bonchev–Trinajstić information content (AvgIpc) is 3.54. The van der Waals surface area contributed by atoms with Crippen LogP contribution in [0.1, 0.15) is 37.0 Å². The Balaban J connectivity index is 1.35. The number of para-hydroxylation sites is 2. The van der Waals surface area contributed by atoms with Crippen LogP contribution < -0.4 is 5.32 Å². The Morgan fingerprint density at radius 1 is 0.894 bits per heavy atom. The van der Waals surface area contributed by atoms with E-state index in [9.17, 15) is 9.59 Å². The van der Waals surface area contributed by atoms with Gasteiger partial charge in [0.1, 0.15) is 6.33 Å². The molecule has 0 saturated heterocycles. The number of allylic oxidation sites excluding steroid dienone is 1. The van der Waals surface area contributed by atoms with E-state index in [1.165, 1.54) is 0 Å². The maximum Gasteiger partial charge on any atom is 0.337 e. The number of imidazole rings is 1. The van der Waals surface area contributed by atoms with E-state index in [2.05, 4.69) is 27.1 Å². The van der Waals surface area contributed by atoms with Gasteiger partial charge in [0.25, 0.3) is 0 Å². The van der Waals surface area contributed by atoms with Crippen molar-refractivity contribution >= 4 is 28.7 Å². The molecule has 0 amide bonds. The molecule has 0 saturated carbocycles. The lowest BCUT2D eigenvalue weighted by atomic mass is 9.80. The number of aromatic nitrogens is 3. The number of nitrogens with zero attached hydrogens (tertiary/aromatic N) is 3. The van der Waals surface area contributed by atoms with Crippen molar-refractivity contribution < 1.29 is 19.1 Å². The number of carbonyl (C=O) groups is 2. The van der Waals surface area contributed by atoms with E-state index in [0.717, 1.165) is 33.4 Å². The molecule has 0 radical (unpaired) electrons. The lowest BCUT2D eigenvalue weighted by molar-refractivity contribution is -0.139. The first-order chi connectivity index (χ1) is 23.0. The van der Waals surface area contributed by atoms with Crippen LogP contribution in [0.25, 0.3) is 22.4 Å². The van der Waals surface area contributed by atoms with Crippen LogP contribution in [0.4, 0.5) is 0 Å². The van der Waals surface area contributed by atoms with Crippen LogP contribution in [0.15, 0.2) is 127 Å². The molecule has 47 heavy (non-hydrogen) atoms. The van der Waals surface area contributed by atoms with Crippen molar-refractivity contribution in [2.45, 2.75) is 26.7 Å². The van der Waals surface area contributed by atoms with E-state index in [1.54, 1.807) is 31.7 Å². The highest BCUT2D eigenvalue weighted by atomic mass is 16.5. The van der Waals surface area contributed by atoms with E-state index >= 15 is 0 Å². The minimum absolute atomic E-state index is 0.106. The summed E-state index contributed by atoms with van der Waals surface area (Å²) < 4.78 is 13.3. The number of fused-ring (bicyclic) bond motifs is 1. The van der Waals surface area contributed by atoms with Gasteiger partial charge in [0.2, 0.25) is 0 Å². The van der Waals surface area contributed by atoms with E-state index in [1.807, 2.05) is 96.4 Å². The summed E-state index contributed by atoms with van der Waals surface area (Å²) in [7, 11) is 0. The van der Waals surface area contributed by atoms with Crippen molar-refractivity contribution in [2.75, 3.05) is 13.2 Å². The predicted octanol–water partition coefficient (Wildman–Crippen LogP) is 6.42. The van der Waals surface area contributed by atoms with Crippen LogP contribution in [0, 0.1) is 17.8 Å². The summed E-state index contributed by atoms with van der Waals surface area (Å²) in [6.45, 7) is 3.70. The van der Waals surface area contributed by atoms with Crippen LogP contribution >= 0.6 is 0 Å². The molecule has 8 heteroatoms. The molecule has 0 bridgehead atoms. The number of benzene rings is 3. The second kappa shape index (κ2) is 14.4. The fourth-order valence-corrected chi connectivity index (χ4v) is 5.83. The molecule has 2 aromatic heterocycles. The Labute approximate surface area is 273 Å². The summed E-state index contributed by atoms with van der Waals surface area (Å²) in [5, 5.41) is 3.38. The molecule has 8 nitrogen and oxygen atoms in total. The fraction of sp³-hybridized carbons (Fsp3) is 0.179. The molecule has 1 unspecified atom stereocenters. The van der Waals surface area contributed by atoms with Gasteiger partial charge in [-0.25, -0.2) is 14.6 Å². The van der Waals surface area contributed by atoms with Crippen LogP contribution in [0.2, 0.25) is 0 Å². The highest BCUT2D eigenvalue weighted by Gasteiger charge is 2.38. The first-order valence-electron chi connectivity index (χ1n) is 15.6. The molecule has 1 aliphatic heterocycles. The number of ether oxygens (including phenoxy) is 2. The summed E-state index contributed by atoms with van der Waals surface area (Å²) in [6.07, 6.45) is 6.25. The number of esters is 2. The van der Waals surface area contributed by atoms with Gasteiger partial charge in [0, 0.05) is 35.3 Å². The minimum atomic E-state index is -0.582. The Morgan fingerprint density at radius 3 is 2.43 bits per heavy atom. The third-order valence-electron chi connectivity index (χ3n) is 8.02. The average molecular weight is 623 g/mol. The van der Waals surface area contributed by atoms with E-state index < -0.39 is 17.9 Å². The lowest BCUT2D eigenvalue weighted by Gasteiger charge is -2.31. The molecule has 6 rings (SSSR count). The topological polar surface area (TPSA) is 95.3 Å². The van der Waals surface area contributed by atoms with Crippen molar-refractivity contribution in [1.29, 1.82) is 0 Å². The predicted molar refractivity (Wildman–Crippen MR) is 181 cm³/mol. The molecular formula is C39H34N4O4. The summed E-state index contributed by atoms with van der Waals surface area (Å²) in [6, 6.07) is 29.5. The zero-order chi connectivity index (χ0) is 32.6. The molecule has 1 atom stereocenters. The second-order valence-electron chi connectivity index (χ2n) is 11.0. The van der Waals surface area contributed by atoms with Gasteiger partial charge in [0.05, 0.1) is 34.5 Å². The standard InChI is InChI=1S/C39H34N4O4/c1-3-46-39(45)36-32(22-17-28-11-5-4-6-12-28)35(38(44)47-24-10-14-29-13-9-23-40-25-29)27(2)42-37(36)30-18-20-31(21-19-30)43-26-41-33-15-7-8-16-34(33)43/h4-9,11-13,15-16,18-21,23,25-26,32,42H,3,17,22,24H2,1-2H3. The first kappa shape index (κ1) is 31.1. The van der Waals surface area contributed by atoms with Crippen LogP contribution in [0.5, 0.6) is 0 Å². The monoisotopic (exact) mass is 622 g/mol. The molecule has 234 valence electrons. The number of nitrogens with one attached hydrogen (secondary N) is 1. The van der Waals surface area contributed by atoms with Gasteiger partial charge in [-0.3, -0.25) is 9.55 Å². The molecule has 1 aliphatic rings. The number of pyridine rings is 1. The van der Waals surface area contributed by atoms with Crippen molar-refractivity contribution in [3.8, 4) is 17.5 Å². The van der Waals surface area contributed by atoms with Crippen molar-refractivity contribution in [3.05, 3.63) is 143 Å². The van der Waals surface area contributed by atoms with Crippen molar-refractivity contribution in [3.63, 3.8) is 0 Å². The molecule has 3 heterocycles. The number of dihydropyridines is 1. The van der Waals surface area contributed by atoms with Gasteiger partial charge in [-0.1, -0.05) is 66.4 Å². The van der Waals surface area contributed by atoms with Gasteiger partial charge in [-0.15, -0.1) is 0 Å². The number of hydrogen-bond acceptors (Lipinski definition) is 7. The van der Waals surface area contributed by atoms with Gasteiger partial charge >= 0.3 is 11.9 Å². The normalized spacial score (nSPS) is 14.3. The summed E-state index contributed by atoms with van der Waals surface area (Å²) in [4.78, 5) is 36.0. The van der Waals surface area contributed by atoms with Crippen LogP contribution in [0.3, 0.4) is 0 Å². The molecule has 0 aliphatic carbocycles. The summed E-state index contributed by atoms with van der Waals surface area (Å²) in [5.41, 5.74) is 7.44. The zero-order valence-corrected chi connectivity index (χ0v) is 26.3. The smallest absolute Gasteiger partial charge is 0.337 e. The molecule has 0 spiro atoms. The first-order valence-corrected chi connectivity index (χ1v) is 15.6. The summed E-state index contributed by atoms with van der Waals surface area (Å²) >= 11 is 0. The van der Waals surface area contributed by atoms with E-state index in [0.29, 0.717) is 35.4 Å². The fourth-order valence-electron chi connectivity index (χ4n) is 5.83. The minimum Gasteiger partial charge on any atom is -0.463 e. The second-order valence-corrected chi connectivity index (χ2v) is 11.0. The van der Waals surface area contributed by atoms with Crippen LogP contribution in [-0.4, -0.2) is 39.7 Å². The molecular weight excluding hydrogens is 588 g/mol. The quantitative estimate of drug-likeness (QED) is 0.150. The van der Waals surface area contributed by atoms with E-state index in [-0.39, 0.29) is 13.2 Å². The van der Waals surface area contributed by atoms with Gasteiger partial charge in [-0.2, -0.15) is 0 Å². The van der Waals surface area contributed by atoms with Crippen LogP contribution in [-0.2, 0) is 25.5 Å². The Kier molecular flexibility index (Phi) is 9.54. The number of hydrogen-bond donors (Lipinski definition) is 1. The molecule has 3 aromatic carbocycles.